The summed E-state index contributed by atoms with van der Waals surface area (Å²) in [6.45, 7) is 5.39. The monoisotopic (exact) mass is 122 g/mol. The van der Waals surface area contributed by atoms with Crippen LogP contribution in [0.3, 0.4) is 0 Å². The molecule has 0 saturated heterocycles. The van der Waals surface area contributed by atoms with Crippen molar-refractivity contribution in [1.82, 2.24) is 0 Å². The first-order chi connectivity index (χ1) is 3.15. The van der Waals surface area contributed by atoms with Crippen LogP contribution in [0.5, 0.6) is 0 Å². The van der Waals surface area contributed by atoms with E-state index in [4.69, 9.17) is 9.90 Å². The van der Waals surface area contributed by atoms with Crippen LogP contribution >= 0.6 is 8.58 Å². The molecule has 0 radical (unpaired) electrons. The maximum Gasteiger partial charge on any atom is 0.300 e. The predicted octanol–water partition coefficient (Wildman–Crippen LogP) is 1.02. The summed E-state index contributed by atoms with van der Waals surface area (Å²) in [5, 5.41) is 7.42. The molecule has 2 nitrogen and oxygen atoms in total. The van der Waals surface area contributed by atoms with E-state index < -0.39 is 5.97 Å². The van der Waals surface area contributed by atoms with Crippen LogP contribution in [-0.4, -0.2) is 24.4 Å². The number of hydrogen-bond acceptors (Lipinski definition) is 1. The SMILES string of the molecule is CC(=O)O.CPC. The highest BCUT2D eigenvalue weighted by Gasteiger charge is 1.65. The Morgan fingerprint density at radius 3 is 1.57 bits per heavy atom. The molecule has 0 aliphatic heterocycles. The third-order valence-corrected chi connectivity index (χ3v) is 0. The molecule has 1 N–H and O–H groups in total. The number of carbonyl (C=O) groups is 1. The minimum Gasteiger partial charge on any atom is -0.481 e. The molecule has 44 valence electrons. The largest absolute Gasteiger partial charge is 0.481 e. The van der Waals surface area contributed by atoms with Crippen molar-refractivity contribution >= 4 is 14.6 Å². The fourth-order valence-corrected chi connectivity index (χ4v) is 0. The van der Waals surface area contributed by atoms with Gasteiger partial charge in [-0.1, -0.05) is 0 Å². The molecule has 0 rings (SSSR count). The van der Waals surface area contributed by atoms with E-state index in [-0.39, 0.29) is 0 Å². The van der Waals surface area contributed by atoms with Gasteiger partial charge in [-0.3, -0.25) is 4.79 Å². The van der Waals surface area contributed by atoms with E-state index in [9.17, 15) is 0 Å². The maximum atomic E-state index is 9.00. The van der Waals surface area contributed by atoms with Gasteiger partial charge in [0.05, 0.1) is 0 Å². The van der Waals surface area contributed by atoms with E-state index >= 15 is 0 Å². The highest BCUT2D eigenvalue weighted by Crippen LogP contribution is 1.84. The smallest absolute Gasteiger partial charge is 0.300 e. The average Bonchev–Trinajstić information content (AvgIpc) is 1.33. The molecule has 0 saturated carbocycles. The molecule has 0 unspecified atom stereocenters. The van der Waals surface area contributed by atoms with Gasteiger partial charge in [-0.05, 0) is 13.3 Å². The van der Waals surface area contributed by atoms with Crippen molar-refractivity contribution in [3.8, 4) is 0 Å². The van der Waals surface area contributed by atoms with Gasteiger partial charge in [-0.15, -0.1) is 8.58 Å². The van der Waals surface area contributed by atoms with Crippen LogP contribution in [0, 0.1) is 0 Å². The third-order valence-electron chi connectivity index (χ3n) is 0. The van der Waals surface area contributed by atoms with E-state index in [0.29, 0.717) is 0 Å². The molecule has 3 heteroatoms. The Balaban J connectivity index is 0. The molecule has 0 aromatic carbocycles. The zero-order valence-electron chi connectivity index (χ0n) is 4.86. The Labute approximate surface area is 45.7 Å². The maximum absolute atomic E-state index is 9.00. The van der Waals surface area contributed by atoms with Crippen LogP contribution in [0.2, 0.25) is 0 Å². The van der Waals surface area contributed by atoms with E-state index in [2.05, 4.69) is 13.3 Å². The van der Waals surface area contributed by atoms with Crippen LogP contribution in [0.25, 0.3) is 0 Å². The molecule has 0 amide bonds. The number of carboxylic acids is 1. The van der Waals surface area contributed by atoms with E-state index in [1.54, 1.807) is 0 Å². The van der Waals surface area contributed by atoms with E-state index in [1.165, 1.54) is 0 Å². The Kier molecular flexibility index (Phi) is 13.3. The molecule has 0 aromatic heterocycles. The molecular weight excluding hydrogens is 111 g/mol. The number of hydrogen-bond donors (Lipinski definition) is 1. The van der Waals surface area contributed by atoms with Crippen molar-refractivity contribution in [1.29, 1.82) is 0 Å². The van der Waals surface area contributed by atoms with Crippen molar-refractivity contribution in [2.45, 2.75) is 6.92 Å². The highest BCUT2D eigenvalue weighted by molar-refractivity contribution is 7.35. The standard InChI is InChI=1S/C2H4O2.C2H7P/c1-2(3)4;1-3-2/h1H3,(H,3,4);3H,1-2H3. The second-order valence-electron chi connectivity index (χ2n) is 1.02. The van der Waals surface area contributed by atoms with Crippen LogP contribution in [-0.2, 0) is 4.79 Å². The highest BCUT2D eigenvalue weighted by atomic mass is 31.1. The van der Waals surface area contributed by atoms with Gasteiger partial charge in [0.1, 0.15) is 0 Å². The lowest BCUT2D eigenvalue weighted by Gasteiger charge is -1.59. The minimum absolute atomic E-state index is 0.833. The first-order valence-corrected chi connectivity index (χ1v) is 3.93. The normalized spacial score (nSPS) is 6.14. The second-order valence-corrected chi connectivity index (χ2v) is 2.02. The van der Waals surface area contributed by atoms with Gasteiger partial charge >= 0.3 is 0 Å². The summed E-state index contributed by atoms with van der Waals surface area (Å²) < 4.78 is 0. The van der Waals surface area contributed by atoms with Crippen molar-refractivity contribution in [3.63, 3.8) is 0 Å². The molecule has 0 fully saturated rings. The van der Waals surface area contributed by atoms with Crippen LogP contribution in [0.1, 0.15) is 6.92 Å². The van der Waals surface area contributed by atoms with Gasteiger partial charge in [0.15, 0.2) is 0 Å². The summed E-state index contributed by atoms with van der Waals surface area (Å²) in [5.74, 6) is -0.833. The fourth-order valence-electron chi connectivity index (χ4n) is 0. The van der Waals surface area contributed by atoms with Crippen molar-refractivity contribution in [2.24, 2.45) is 0 Å². The van der Waals surface area contributed by atoms with Gasteiger partial charge in [0.2, 0.25) is 0 Å². The summed E-state index contributed by atoms with van der Waals surface area (Å²) in [6, 6.07) is 0. The summed E-state index contributed by atoms with van der Waals surface area (Å²) >= 11 is 0. The molecular formula is C4H11O2P. The lowest BCUT2D eigenvalue weighted by Crippen LogP contribution is -1.78. The third kappa shape index (κ3) is 8970. The fraction of sp³-hybridized carbons (Fsp3) is 0.750. The van der Waals surface area contributed by atoms with Crippen LogP contribution in [0.15, 0.2) is 0 Å². The lowest BCUT2D eigenvalue weighted by molar-refractivity contribution is -0.134. The summed E-state index contributed by atoms with van der Waals surface area (Å²) in [7, 11) is 1.08. The number of carboxylic acid groups (broad SMARTS) is 1. The topological polar surface area (TPSA) is 37.3 Å². The van der Waals surface area contributed by atoms with Gasteiger partial charge in [-0.2, -0.15) is 0 Å². The molecule has 7 heavy (non-hydrogen) atoms. The summed E-state index contributed by atoms with van der Waals surface area (Å²) in [4.78, 5) is 9.00. The molecule has 0 aromatic rings. The molecule has 0 aliphatic carbocycles. The van der Waals surface area contributed by atoms with Gasteiger partial charge in [-0.25, -0.2) is 0 Å². The molecule has 0 bridgehead atoms. The summed E-state index contributed by atoms with van der Waals surface area (Å²) in [6.07, 6.45) is 0. The first-order valence-electron chi connectivity index (χ1n) is 1.93. The van der Waals surface area contributed by atoms with Gasteiger partial charge < -0.3 is 5.11 Å². The van der Waals surface area contributed by atoms with E-state index in [1.807, 2.05) is 0 Å². The van der Waals surface area contributed by atoms with E-state index in [0.717, 1.165) is 15.5 Å². The number of aliphatic carboxylic acids is 1. The van der Waals surface area contributed by atoms with Crippen molar-refractivity contribution in [3.05, 3.63) is 0 Å². The number of rotatable bonds is 0. The molecule has 0 atom stereocenters. The van der Waals surface area contributed by atoms with Crippen LogP contribution in [0.4, 0.5) is 0 Å². The van der Waals surface area contributed by atoms with Crippen molar-refractivity contribution < 1.29 is 9.90 Å². The Morgan fingerprint density at radius 1 is 1.57 bits per heavy atom. The Bertz CT molecular complexity index is 41.0. The van der Waals surface area contributed by atoms with Crippen molar-refractivity contribution in [2.75, 3.05) is 13.3 Å². The zero-order chi connectivity index (χ0) is 6.28. The molecule has 0 aliphatic rings. The lowest BCUT2D eigenvalue weighted by atomic mass is 10.9. The summed E-state index contributed by atoms with van der Waals surface area (Å²) in [5.41, 5.74) is 0. The first kappa shape index (κ1) is 10.0. The zero-order valence-corrected chi connectivity index (χ0v) is 5.86. The Hall–Kier alpha value is -0.100. The molecule has 0 heterocycles. The minimum atomic E-state index is -0.833. The van der Waals surface area contributed by atoms with Gasteiger partial charge in [0.25, 0.3) is 5.97 Å². The predicted molar refractivity (Wildman–Crippen MR) is 33.5 cm³/mol. The van der Waals surface area contributed by atoms with Gasteiger partial charge in [0, 0.05) is 6.92 Å². The Morgan fingerprint density at radius 2 is 1.57 bits per heavy atom. The quantitative estimate of drug-likeness (QED) is 0.487. The van der Waals surface area contributed by atoms with Crippen LogP contribution < -0.4 is 0 Å². The second kappa shape index (κ2) is 9.31. The average molecular weight is 122 g/mol. The molecule has 0 spiro atoms.